The number of pyridine rings is 1. The Hall–Kier alpha value is -2.84. The zero-order chi connectivity index (χ0) is 25.1. The van der Waals surface area contributed by atoms with Crippen molar-refractivity contribution in [1.29, 1.82) is 0 Å². The van der Waals surface area contributed by atoms with E-state index in [9.17, 15) is 9.90 Å². The molecule has 3 atom stereocenters. The monoisotopic (exact) mass is 503 g/mol. The highest BCUT2D eigenvalue weighted by molar-refractivity contribution is 7.99. The fourth-order valence-electron chi connectivity index (χ4n) is 6.38. The van der Waals surface area contributed by atoms with Crippen molar-refractivity contribution in [2.24, 2.45) is 7.05 Å². The minimum Gasteiger partial charge on any atom is -0.507 e. The largest absolute Gasteiger partial charge is 0.507 e. The summed E-state index contributed by atoms with van der Waals surface area (Å²) in [5.41, 5.74) is 3.19. The van der Waals surface area contributed by atoms with Gasteiger partial charge in [0.1, 0.15) is 5.75 Å². The third kappa shape index (κ3) is 4.20. The van der Waals surface area contributed by atoms with Crippen LogP contribution in [-0.4, -0.2) is 49.3 Å². The number of fused-ring (bicyclic) bond motifs is 3. The average molecular weight is 504 g/mol. The molecule has 188 valence electrons. The minimum atomic E-state index is -0.0843. The number of nitrogens with zero attached hydrogens (tertiary/aromatic N) is 4. The van der Waals surface area contributed by atoms with Crippen LogP contribution in [0.4, 0.5) is 5.82 Å². The zero-order valence-electron chi connectivity index (χ0n) is 21.1. The van der Waals surface area contributed by atoms with Crippen LogP contribution >= 0.6 is 11.8 Å². The predicted molar refractivity (Wildman–Crippen MR) is 145 cm³/mol. The first kappa shape index (κ1) is 23.6. The van der Waals surface area contributed by atoms with Crippen LogP contribution in [0.25, 0.3) is 22.4 Å². The van der Waals surface area contributed by atoms with Gasteiger partial charge < -0.3 is 19.9 Å². The Morgan fingerprint density at radius 2 is 1.81 bits per heavy atom. The van der Waals surface area contributed by atoms with Gasteiger partial charge in [0.05, 0.1) is 10.6 Å². The van der Waals surface area contributed by atoms with Gasteiger partial charge >= 0.3 is 0 Å². The standard InChI is InChI=1S/C28H33N5O2S/c1-27-8-9-28(2,31-27)17-20(16-27)33-10-4-12-36-24-15-22(29-30-26(24)33)21-6-5-18(13-23(21)34)19-7-11-32(3)25(35)14-19/h5-7,11,13-15,20,31,34H,4,8-10,12,16-17H2,1-3H3/t20?,27-,28+. The smallest absolute Gasteiger partial charge is 0.250 e. The van der Waals surface area contributed by atoms with Crippen LogP contribution in [0.5, 0.6) is 5.75 Å². The molecule has 3 aliphatic rings. The summed E-state index contributed by atoms with van der Waals surface area (Å²) in [6.07, 6.45) is 7.56. The molecule has 2 fully saturated rings. The fourth-order valence-corrected chi connectivity index (χ4v) is 7.36. The molecule has 8 heteroatoms. The summed E-state index contributed by atoms with van der Waals surface area (Å²) in [6, 6.07) is 11.5. The Morgan fingerprint density at radius 1 is 1.06 bits per heavy atom. The number of piperidine rings is 1. The molecule has 1 unspecified atom stereocenters. The quantitative estimate of drug-likeness (QED) is 0.541. The summed E-state index contributed by atoms with van der Waals surface area (Å²) in [6.45, 7) is 5.74. The van der Waals surface area contributed by atoms with Gasteiger partial charge in [0.2, 0.25) is 0 Å². The number of nitrogens with one attached hydrogen (secondary N) is 1. The normalized spacial score (nSPS) is 27.5. The van der Waals surface area contributed by atoms with E-state index in [-0.39, 0.29) is 22.4 Å². The lowest BCUT2D eigenvalue weighted by Gasteiger charge is -2.46. The molecule has 7 nitrogen and oxygen atoms in total. The van der Waals surface area contributed by atoms with Gasteiger partial charge in [0.25, 0.3) is 5.56 Å². The number of hydrogen-bond acceptors (Lipinski definition) is 7. The van der Waals surface area contributed by atoms with Crippen molar-refractivity contribution >= 4 is 17.6 Å². The van der Waals surface area contributed by atoms with Gasteiger partial charge in [0, 0.05) is 48.5 Å². The molecule has 0 saturated carbocycles. The molecule has 36 heavy (non-hydrogen) atoms. The SMILES string of the molecule is Cn1ccc(-c2ccc(-c3cc4c(nn3)N(C3C[C@]5(C)CC[C@](C)(C3)N5)CCCS4)c(O)c2)cc1=O. The topological polar surface area (TPSA) is 83.3 Å². The minimum absolute atomic E-state index is 0.0843. The second-order valence-corrected chi connectivity index (χ2v) is 12.4. The van der Waals surface area contributed by atoms with Crippen molar-refractivity contribution in [3.8, 4) is 28.1 Å². The first-order valence-electron chi connectivity index (χ1n) is 12.8. The first-order chi connectivity index (χ1) is 17.2. The summed E-state index contributed by atoms with van der Waals surface area (Å²) < 4.78 is 1.53. The lowest BCUT2D eigenvalue weighted by atomic mass is 9.84. The first-order valence-corrected chi connectivity index (χ1v) is 13.8. The number of anilines is 1. The molecule has 1 aromatic carbocycles. The van der Waals surface area contributed by atoms with E-state index < -0.39 is 0 Å². The molecular weight excluding hydrogens is 470 g/mol. The zero-order valence-corrected chi connectivity index (χ0v) is 21.9. The van der Waals surface area contributed by atoms with Crippen LogP contribution in [0.3, 0.4) is 0 Å². The Bertz CT molecular complexity index is 1370. The molecule has 0 radical (unpaired) electrons. The third-order valence-electron chi connectivity index (χ3n) is 8.17. The van der Waals surface area contributed by atoms with Crippen LogP contribution in [0, 0.1) is 0 Å². The summed E-state index contributed by atoms with van der Waals surface area (Å²) in [7, 11) is 1.72. The van der Waals surface area contributed by atoms with E-state index in [1.807, 2.05) is 30.0 Å². The van der Waals surface area contributed by atoms with E-state index in [0.29, 0.717) is 17.3 Å². The van der Waals surface area contributed by atoms with Gasteiger partial charge in [0.15, 0.2) is 5.82 Å². The van der Waals surface area contributed by atoms with Crippen LogP contribution in [-0.2, 0) is 7.05 Å². The highest BCUT2D eigenvalue weighted by Gasteiger charge is 2.50. The molecule has 2 aromatic heterocycles. The number of thioether (sulfide) groups is 1. The number of aromatic nitrogens is 3. The molecule has 2 bridgehead atoms. The Morgan fingerprint density at radius 3 is 2.53 bits per heavy atom. The van der Waals surface area contributed by atoms with Crippen molar-refractivity contribution in [2.45, 2.75) is 68.0 Å². The summed E-state index contributed by atoms with van der Waals surface area (Å²) >= 11 is 1.83. The Labute approximate surface area is 215 Å². The molecule has 3 aromatic rings. The Balaban J connectivity index is 1.31. The van der Waals surface area contributed by atoms with Gasteiger partial charge in [-0.2, -0.15) is 0 Å². The van der Waals surface area contributed by atoms with E-state index in [2.05, 4.69) is 35.2 Å². The maximum atomic E-state index is 12.0. The highest BCUT2D eigenvalue weighted by atomic mass is 32.2. The van der Waals surface area contributed by atoms with Crippen LogP contribution in [0.2, 0.25) is 0 Å². The maximum Gasteiger partial charge on any atom is 0.250 e. The van der Waals surface area contributed by atoms with E-state index in [4.69, 9.17) is 5.10 Å². The summed E-state index contributed by atoms with van der Waals surface area (Å²) in [5, 5.41) is 24.1. The molecule has 0 spiro atoms. The second kappa shape index (κ2) is 8.63. The molecule has 0 amide bonds. The van der Waals surface area contributed by atoms with Crippen LogP contribution in [0.15, 0.2) is 52.3 Å². The number of aryl methyl sites for hydroxylation is 1. The Kier molecular flexibility index (Phi) is 5.64. The van der Waals surface area contributed by atoms with E-state index >= 15 is 0 Å². The van der Waals surface area contributed by atoms with Crippen molar-refractivity contribution in [3.63, 3.8) is 0 Å². The number of phenols is 1. The van der Waals surface area contributed by atoms with Crippen molar-refractivity contribution in [1.82, 2.24) is 20.1 Å². The van der Waals surface area contributed by atoms with Gasteiger partial charge in [-0.25, -0.2) is 0 Å². The molecule has 2 N–H and O–H groups in total. The van der Waals surface area contributed by atoms with E-state index in [1.165, 1.54) is 17.4 Å². The predicted octanol–water partition coefficient (Wildman–Crippen LogP) is 4.58. The van der Waals surface area contributed by atoms with Gasteiger partial charge in [-0.05, 0) is 87.1 Å². The summed E-state index contributed by atoms with van der Waals surface area (Å²) in [5.74, 6) is 2.16. The molecule has 2 saturated heterocycles. The van der Waals surface area contributed by atoms with Crippen LogP contribution in [0.1, 0.15) is 46.0 Å². The fraction of sp³-hybridized carbons (Fsp3) is 0.464. The van der Waals surface area contributed by atoms with Crippen molar-refractivity contribution < 1.29 is 5.11 Å². The van der Waals surface area contributed by atoms with E-state index in [1.54, 1.807) is 25.4 Å². The highest BCUT2D eigenvalue weighted by Crippen LogP contribution is 2.46. The lowest BCUT2D eigenvalue weighted by molar-refractivity contribution is 0.204. The lowest BCUT2D eigenvalue weighted by Crippen LogP contribution is -2.59. The van der Waals surface area contributed by atoms with Gasteiger partial charge in [-0.15, -0.1) is 22.0 Å². The van der Waals surface area contributed by atoms with Crippen molar-refractivity contribution in [2.75, 3.05) is 17.2 Å². The number of phenolic OH excluding ortho intramolecular Hbond substituents is 1. The van der Waals surface area contributed by atoms with E-state index in [0.717, 1.165) is 53.4 Å². The summed E-state index contributed by atoms with van der Waals surface area (Å²) in [4.78, 5) is 15.7. The molecular formula is C28H33N5O2S. The molecule has 0 aliphatic carbocycles. The second-order valence-electron chi connectivity index (χ2n) is 11.2. The third-order valence-corrected chi connectivity index (χ3v) is 9.27. The van der Waals surface area contributed by atoms with Gasteiger partial charge in [-0.3, -0.25) is 4.79 Å². The molecule has 6 rings (SSSR count). The molecule has 5 heterocycles. The molecule has 3 aliphatic heterocycles. The number of hydrogen-bond donors (Lipinski definition) is 2. The van der Waals surface area contributed by atoms with Gasteiger partial charge in [-0.1, -0.05) is 6.07 Å². The number of benzene rings is 1. The maximum absolute atomic E-state index is 12.0. The number of aromatic hydroxyl groups is 1. The van der Waals surface area contributed by atoms with Crippen LogP contribution < -0.4 is 15.8 Å². The average Bonchev–Trinajstić information content (AvgIpc) is 2.97. The van der Waals surface area contributed by atoms with Crippen molar-refractivity contribution in [3.05, 3.63) is 52.9 Å². The number of rotatable bonds is 3.